The molecular weight excluding hydrogens is 277 g/mol. The fourth-order valence-electron chi connectivity index (χ4n) is 2.53. The lowest BCUT2D eigenvalue weighted by Gasteiger charge is -2.25. The maximum atomic E-state index is 6.11. The van der Waals surface area contributed by atoms with Crippen LogP contribution in [-0.2, 0) is 0 Å². The fraction of sp³-hybridized carbons (Fsp3) is 0.125. The number of halogens is 2. The van der Waals surface area contributed by atoms with Gasteiger partial charge in [-0.2, -0.15) is 0 Å². The summed E-state index contributed by atoms with van der Waals surface area (Å²) in [5.74, 6) is 0.186. The lowest BCUT2D eigenvalue weighted by Crippen LogP contribution is -2.16. The van der Waals surface area contributed by atoms with Crippen LogP contribution in [0.3, 0.4) is 0 Å². The van der Waals surface area contributed by atoms with Crippen LogP contribution in [0.5, 0.6) is 0 Å². The van der Waals surface area contributed by atoms with Gasteiger partial charge in [-0.15, -0.1) is 0 Å². The van der Waals surface area contributed by atoms with Crippen LogP contribution < -0.4 is 5.73 Å². The zero-order chi connectivity index (χ0) is 13.4. The topological polar surface area (TPSA) is 26.0 Å². The number of hydrogen-bond donors (Lipinski definition) is 1. The minimum absolute atomic E-state index is 0.0322. The van der Waals surface area contributed by atoms with Crippen molar-refractivity contribution in [2.45, 2.75) is 12.0 Å². The zero-order valence-electron chi connectivity index (χ0n) is 10.2. The minimum atomic E-state index is -0.0322. The SMILES string of the molecule is N[C@@H]1C=C[C@@H](c2ccc(Cl)c(Cl)c2)c2ccccc21. The normalized spacial score (nSPS) is 21.2. The number of rotatable bonds is 1. The Balaban J connectivity index is 2.10. The summed E-state index contributed by atoms with van der Waals surface area (Å²) in [5, 5.41) is 1.16. The molecule has 0 saturated heterocycles. The van der Waals surface area contributed by atoms with Gasteiger partial charge in [-0.3, -0.25) is 0 Å². The summed E-state index contributed by atoms with van der Waals surface area (Å²) in [6.45, 7) is 0. The van der Waals surface area contributed by atoms with Gasteiger partial charge in [0.2, 0.25) is 0 Å². The van der Waals surface area contributed by atoms with Crippen molar-refractivity contribution in [3.63, 3.8) is 0 Å². The Bertz CT molecular complexity index is 649. The van der Waals surface area contributed by atoms with E-state index in [4.69, 9.17) is 28.9 Å². The van der Waals surface area contributed by atoms with Gasteiger partial charge in [-0.1, -0.05) is 65.7 Å². The first-order chi connectivity index (χ1) is 9.16. The van der Waals surface area contributed by atoms with Gasteiger partial charge in [-0.25, -0.2) is 0 Å². The molecule has 0 radical (unpaired) electrons. The zero-order valence-corrected chi connectivity index (χ0v) is 11.7. The molecule has 0 aliphatic heterocycles. The van der Waals surface area contributed by atoms with Crippen LogP contribution in [0.25, 0.3) is 0 Å². The van der Waals surface area contributed by atoms with Crippen molar-refractivity contribution in [2.75, 3.05) is 0 Å². The first kappa shape index (κ1) is 12.7. The Morgan fingerprint density at radius 3 is 2.32 bits per heavy atom. The molecule has 0 bridgehead atoms. The first-order valence-corrected chi connectivity index (χ1v) is 6.90. The summed E-state index contributed by atoms with van der Waals surface area (Å²) in [7, 11) is 0. The smallest absolute Gasteiger partial charge is 0.0595 e. The minimum Gasteiger partial charge on any atom is -0.321 e. The molecule has 2 aromatic carbocycles. The molecule has 0 unspecified atom stereocenters. The number of allylic oxidation sites excluding steroid dienone is 1. The van der Waals surface area contributed by atoms with Crippen molar-refractivity contribution in [3.05, 3.63) is 81.4 Å². The number of fused-ring (bicyclic) bond motifs is 1. The number of nitrogens with two attached hydrogens (primary N) is 1. The Morgan fingerprint density at radius 2 is 1.58 bits per heavy atom. The van der Waals surface area contributed by atoms with Crippen molar-refractivity contribution in [1.82, 2.24) is 0 Å². The second-order valence-electron chi connectivity index (χ2n) is 4.69. The van der Waals surface area contributed by atoms with Crippen LogP contribution in [-0.4, -0.2) is 0 Å². The molecule has 2 atom stereocenters. The van der Waals surface area contributed by atoms with E-state index in [1.165, 1.54) is 11.1 Å². The van der Waals surface area contributed by atoms with Crippen LogP contribution in [0.1, 0.15) is 28.7 Å². The lowest BCUT2D eigenvalue weighted by atomic mass is 9.82. The summed E-state index contributed by atoms with van der Waals surface area (Å²) >= 11 is 12.1. The van der Waals surface area contributed by atoms with Gasteiger partial charge in [0.05, 0.1) is 10.0 Å². The van der Waals surface area contributed by atoms with Gasteiger partial charge in [0.1, 0.15) is 0 Å². The van der Waals surface area contributed by atoms with Crippen molar-refractivity contribution < 1.29 is 0 Å². The molecule has 2 aromatic rings. The van der Waals surface area contributed by atoms with E-state index < -0.39 is 0 Å². The van der Waals surface area contributed by atoms with Crippen molar-refractivity contribution >= 4 is 23.2 Å². The monoisotopic (exact) mass is 289 g/mol. The predicted molar refractivity (Wildman–Crippen MR) is 80.8 cm³/mol. The molecule has 0 fully saturated rings. The third-order valence-corrected chi connectivity index (χ3v) is 4.24. The Kier molecular flexibility index (Phi) is 3.36. The van der Waals surface area contributed by atoms with E-state index >= 15 is 0 Å². The van der Waals surface area contributed by atoms with Crippen molar-refractivity contribution in [1.29, 1.82) is 0 Å². The van der Waals surface area contributed by atoms with E-state index in [0.29, 0.717) is 10.0 Å². The van der Waals surface area contributed by atoms with Crippen molar-refractivity contribution in [2.24, 2.45) is 5.73 Å². The Labute approximate surface area is 122 Å². The average Bonchev–Trinajstić information content (AvgIpc) is 2.43. The molecular formula is C16H13Cl2N. The first-order valence-electron chi connectivity index (χ1n) is 6.14. The highest BCUT2D eigenvalue weighted by molar-refractivity contribution is 6.42. The Hall–Kier alpha value is -1.28. The predicted octanol–water partition coefficient (Wildman–Crippen LogP) is 4.69. The molecule has 3 heteroatoms. The molecule has 1 aliphatic carbocycles. The molecule has 1 nitrogen and oxygen atoms in total. The van der Waals surface area contributed by atoms with Gasteiger partial charge in [-0.05, 0) is 28.8 Å². The van der Waals surface area contributed by atoms with Gasteiger partial charge in [0.15, 0.2) is 0 Å². The summed E-state index contributed by atoms with van der Waals surface area (Å²) in [6.07, 6.45) is 4.17. The lowest BCUT2D eigenvalue weighted by molar-refractivity contribution is 0.826. The summed E-state index contributed by atoms with van der Waals surface area (Å²) < 4.78 is 0. The van der Waals surface area contributed by atoms with Crippen LogP contribution in [0.2, 0.25) is 10.0 Å². The summed E-state index contributed by atoms with van der Waals surface area (Å²) in [6, 6.07) is 14.0. The third-order valence-electron chi connectivity index (χ3n) is 3.50. The van der Waals surface area contributed by atoms with E-state index in [9.17, 15) is 0 Å². The molecule has 0 amide bonds. The van der Waals surface area contributed by atoms with Gasteiger partial charge >= 0.3 is 0 Å². The molecule has 3 rings (SSSR count). The van der Waals surface area contributed by atoms with Crippen molar-refractivity contribution in [3.8, 4) is 0 Å². The standard InChI is InChI=1S/C16H13Cl2N/c17-14-7-5-10(9-15(14)18)11-6-8-16(19)13-4-2-1-3-12(11)13/h1-9,11,16H,19H2/t11-,16+/m0/s1. The number of hydrogen-bond acceptors (Lipinski definition) is 1. The average molecular weight is 290 g/mol. The molecule has 1 aliphatic rings. The molecule has 0 aromatic heterocycles. The number of benzene rings is 2. The largest absolute Gasteiger partial charge is 0.321 e. The molecule has 0 saturated carbocycles. The van der Waals surface area contributed by atoms with Gasteiger partial charge in [0, 0.05) is 12.0 Å². The maximum absolute atomic E-state index is 6.11. The second kappa shape index (κ2) is 5.01. The van der Waals surface area contributed by atoms with Crippen LogP contribution in [0.15, 0.2) is 54.6 Å². The maximum Gasteiger partial charge on any atom is 0.0595 e. The fourth-order valence-corrected chi connectivity index (χ4v) is 2.84. The van der Waals surface area contributed by atoms with E-state index in [1.807, 2.05) is 36.4 Å². The second-order valence-corrected chi connectivity index (χ2v) is 5.51. The molecule has 0 spiro atoms. The quantitative estimate of drug-likeness (QED) is 0.757. The van der Waals surface area contributed by atoms with Gasteiger partial charge < -0.3 is 5.73 Å². The van der Waals surface area contributed by atoms with E-state index in [2.05, 4.69) is 18.2 Å². The molecule has 19 heavy (non-hydrogen) atoms. The summed E-state index contributed by atoms with van der Waals surface area (Å²) in [5.41, 5.74) is 9.64. The Morgan fingerprint density at radius 1 is 0.842 bits per heavy atom. The highest BCUT2D eigenvalue weighted by atomic mass is 35.5. The van der Waals surface area contributed by atoms with Crippen LogP contribution in [0.4, 0.5) is 0 Å². The third kappa shape index (κ3) is 2.30. The highest BCUT2D eigenvalue weighted by Gasteiger charge is 2.21. The summed E-state index contributed by atoms with van der Waals surface area (Å²) in [4.78, 5) is 0. The van der Waals surface area contributed by atoms with Gasteiger partial charge in [0.25, 0.3) is 0 Å². The molecule has 0 heterocycles. The van der Waals surface area contributed by atoms with E-state index in [0.717, 1.165) is 5.56 Å². The molecule has 2 N–H and O–H groups in total. The van der Waals surface area contributed by atoms with E-state index in [1.54, 1.807) is 0 Å². The van der Waals surface area contributed by atoms with Crippen LogP contribution in [0, 0.1) is 0 Å². The molecule has 96 valence electrons. The van der Waals surface area contributed by atoms with E-state index in [-0.39, 0.29) is 12.0 Å². The highest BCUT2D eigenvalue weighted by Crippen LogP contribution is 2.37. The van der Waals surface area contributed by atoms with Crippen LogP contribution >= 0.6 is 23.2 Å².